The fraction of sp³-hybridized carbons (Fsp3) is 0.333. The lowest BCUT2D eigenvalue weighted by molar-refractivity contribution is 0.508. The first-order valence-corrected chi connectivity index (χ1v) is 5.94. The van der Waals surface area contributed by atoms with E-state index in [0.717, 1.165) is 12.8 Å². The van der Waals surface area contributed by atoms with Gasteiger partial charge in [0.1, 0.15) is 23.5 Å². The zero-order chi connectivity index (χ0) is 13.8. The molecule has 0 unspecified atom stereocenters. The summed E-state index contributed by atoms with van der Waals surface area (Å²) >= 11 is 0. The van der Waals surface area contributed by atoms with Crippen LogP contribution in [0.1, 0.15) is 31.6 Å². The fourth-order valence-electron chi connectivity index (χ4n) is 1.46. The van der Waals surface area contributed by atoms with Crippen molar-refractivity contribution >= 4 is 11.6 Å². The van der Waals surface area contributed by atoms with Gasteiger partial charge in [0.25, 0.3) is 5.89 Å². The van der Waals surface area contributed by atoms with Crippen LogP contribution in [0.2, 0.25) is 0 Å². The number of anilines is 2. The topological polar surface area (TPSA) is 117 Å². The highest BCUT2D eigenvalue weighted by molar-refractivity contribution is 5.76. The summed E-state index contributed by atoms with van der Waals surface area (Å²) in [7, 11) is 0. The van der Waals surface area contributed by atoms with Crippen LogP contribution in [0.3, 0.4) is 0 Å². The van der Waals surface area contributed by atoms with Gasteiger partial charge < -0.3 is 15.9 Å². The molecule has 0 amide bonds. The van der Waals surface area contributed by atoms with Gasteiger partial charge in [-0.3, -0.25) is 0 Å². The third-order valence-corrected chi connectivity index (χ3v) is 2.49. The Balaban J connectivity index is 0.000000408. The minimum absolute atomic E-state index is 0.249. The number of hydrogen-bond acceptors (Lipinski definition) is 7. The Morgan fingerprint density at radius 1 is 1.26 bits per heavy atom. The molecule has 19 heavy (non-hydrogen) atoms. The van der Waals surface area contributed by atoms with Crippen LogP contribution < -0.4 is 11.5 Å². The fourth-order valence-corrected chi connectivity index (χ4v) is 1.46. The second-order valence-electron chi connectivity index (χ2n) is 4.15. The average molecular weight is 260 g/mol. The van der Waals surface area contributed by atoms with Crippen molar-refractivity contribution in [2.24, 2.45) is 0 Å². The average Bonchev–Trinajstić information content (AvgIpc) is 3.10. The predicted molar refractivity (Wildman–Crippen MR) is 72.0 cm³/mol. The number of aromatic nitrogens is 4. The maximum atomic E-state index is 5.70. The van der Waals surface area contributed by atoms with Crippen molar-refractivity contribution in [3.05, 3.63) is 24.9 Å². The standard InChI is InChI=1S/C9H10N6O.C3H6/c10-6-5(7(11)13-3-12-6)9-15-14-8(16-9)4-1-2-4;1-3-2/h3-4H,1-2H2,(H4,10,11,12,13);3H,1H2,2H3. The lowest BCUT2D eigenvalue weighted by atomic mass is 10.3. The molecule has 7 nitrogen and oxygen atoms in total. The number of nitrogens with zero attached hydrogens (tertiary/aromatic N) is 4. The van der Waals surface area contributed by atoms with Gasteiger partial charge in [-0.25, -0.2) is 9.97 Å². The molecule has 1 saturated carbocycles. The van der Waals surface area contributed by atoms with Gasteiger partial charge in [-0.2, -0.15) is 0 Å². The molecule has 1 aliphatic rings. The Hall–Kier alpha value is -2.44. The summed E-state index contributed by atoms with van der Waals surface area (Å²) in [5, 5.41) is 7.87. The maximum Gasteiger partial charge on any atom is 0.255 e. The zero-order valence-corrected chi connectivity index (χ0v) is 10.7. The highest BCUT2D eigenvalue weighted by atomic mass is 16.4. The summed E-state index contributed by atoms with van der Waals surface area (Å²) < 4.78 is 5.49. The van der Waals surface area contributed by atoms with Crippen molar-refractivity contribution in [2.75, 3.05) is 11.5 Å². The molecular weight excluding hydrogens is 244 g/mol. The highest BCUT2D eigenvalue weighted by Gasteiger charge is 2.30. The molecular formula is C12H16N6O. The molecule has 1 fully saturated rings. The summed E-state index contributed by atoms with van der Waals surface area (Å²) in [5.74, 6) is 1.82. The van der Waals surface area contributed by atoms with E-state index < -0.39 is 0 Å². The molecule has 2 heterocycles. The number of hydrogen-bond donors (Lipinski definition) is 2. The van der Waals surface area contributed by atoms with E-state index in [1.165, 1.54) is 6.33 Å². The van der Waals surface area contributed by atoms with Gasteiger partial charge in [-0.15, -0.1) is 16.8 Å². The van der Waals surface area contributed by atoms with E-state index in [9.17, 15) is 0 Å². The summed E-state index contributed by atoms with van der Waals surface area (Å²) in [4.78, 5) is 7.69. The molecule has 7 heteroatoms. The van der Waals surface area contributed by atoms with E-state index in [-0.39, 0.29) is 17.5 Å². The van der Waals surface area contributed by atoms with E-state index in [2.05, 4.69) is 26.7 Å². The third kappa shape index (κ3) is 2.87. The Morgan fingerprint density at radius 3 is 2.37 bits per heavy atom. The van der Waals surface area contributed by atoms with Gasteiger partial charge >= 0.3 is 0 Å². The van der Waals surface area contributed by atoms with Crippen LogP contribution in [0.4, 0.5) is 11.6 Å². The first-order chi connectivity index (χ1) is 9.17. The van der Waals surface area contributed by atoms with Gasteiger partial charge in [0.2, 0.25) is 5.89 Å². The molecule has 0 spiro atoms. The normalized spacial score (nSPS) is 13.5. The summed E-state index contributed by atoms with van der Waals surface area (Å²) in [6.45, 7) is 5.25. The van der Waals surface area contributed by atoms with Gasteiger partial charge in [0, 0.05) is 5.92 Å². The van der Waals surface area contributed by atoms with Crippen LogP contribution in [-0.4, -0.2) is 20.2 Å². The number of nitrogen functional groups attached to an aromatic ring is 2. The van der Waals surface area contributed by atoms with Crippen molar-refractivity contribution in [2.45, 2.75) is 25.7 Å². The number of nitrogens with two attached hydrogens (primary N) is 2. The third-order valence-electron chi connectivity index (χ3n) is 2.49. The molecule has 0 atom stereocenters. The second kappa shape index (κ2) is 5.47. The van der Waals surface area contributed by atoms with E-state index in [1.54, 1.807) is 6.08 Å². The second-order valence-corrected chi connectivity index (χ2v) is 4.15. The van der Waals surface area contributed by atoms with Crippen molar-refractivity contribution in [1.82, 2.24) is 20.2 Å². The highest BCUT2D eigenvalue weighted by Crippen LogP contribution is 2.40. The van der Waals surface area contributed by atoms with Gasteiger partial charge in [-0.05, 0) is 19.8 Å². The minimum Gasteiger partial charge on any atom is -0.420 e. The van der Waals surface area contributed by atoms with Gasteiger partial charge in [-0.1, -0.05) is 6.08 Å². The monoisotopic (exact) mass is 260 g/mol. The maximum absolute atomic E-state index is 5.70. The van der Waals surface area contributed by atoms with Crippen LogP contribution in [0, 0.1) is 0 Å². The Kier molecular flexibility index (Phi) is 3.74. The minimum atomic E-state index is 0.249. The number of rotatable bonds is 2. The largest absolute Gasteiger partial charge is 0.420 e. The van der Waals surface area contributed by atoms with E-state index >= 15 is 0 Å². The van der Waals surface area contributed by atoms with E-state index in [1.807, 2.05) is 6.92 Å². The summed E-state index contributed by atoms with van der Waals surface area (Å²) in [5.41, 5.74) is 11.8. The van der Waals surface area contributed by atoms with Crippen molar-refractivity contribution < 1.29 is 4.42 Å². The molecule has 2 aromatic heterocycles. The quantitative estimate of drug-likeness (QED) is 0.790. The first kappa shape index (κ1) is 13.0. The van der Waals surface area contributed by atoms with E-state index in [0.29, 0.717) is 17.4 Å². The molecule has 1 aliphatic carbocycles. The first-order valence-electron chi connectivity index (χ1n) is 5.94. The van der Waals surface area contributed by atoms with Gasteiger partial charge in [0.05, 0.1) is 0 Å². The van der Waals surface area contributed by atoms with Crippen LogP contribution in [-0.2, 0) is 0 Å². The van der Waals surface area contributed by atoms with Crippen molar-refractivity contribution in [1.29, 1.82) is 0 Å². The molecule has 0 radical (unpaired) electrons. The molecule has 2 aromatic rings. The molecule has 0 aromatic carbocycles. The predicted octanol–water partition coefficient (Wildman–Crippen LogP) is 1.76. The van der Waals surface area contributed by atoms with Gasteiger partial charge in [0.15, 0.2) is 0 Å². The number of allylic oxidation sites excluding steroid dienone is 1. The molecule has 100 valence electrons. The van der Waals surface area contributed by atoms with Crippen LogP contribution >= 0.6 is 0 Å². The van der Waals surface area contributed by atoms with Crippen LogP contribution in [0.15, 0.2) is 23.4 Å². The lowest BCUT2D eigenvalue weighted by Gasteiger charge is -2.01. The summed E-state index contributed by atoms with van der Waals surface area (Å²) in [6, 6.07) is 0. The molecule has 0 bridgehead atoms. The van der Waals surface area contributed by atoms with Crippen LogP contribution in [0.5, 0.6) is 0 Å². The smallest absolute Gasteiger partial charge is 0.255 e. The molecule has 0 aliphatic heterocycles. The van der Waals surface area contributed by atoms with Crippen LogP contribution in [0.25, 0.3) is 11.5 Å². The molecule has 3 rings (SSSR count). The lowest BCUT2D eigenvalue weighted by Crippen LogP contribution is -2.01. The Morgan fingerprint density at radius 2 is 1.84 bits per heavy atom. The SMILES string of the molecule is C=CC.Nc1ncnc(N)c1-c1nnc(C2CC2)o1. The Bertz CT molecular complexity index is 555. The molecule has 0 saturated heterocycles. The van der Waals surface area contributed by atoms with E-state index in [4.69, 9.17) is 15.9 Å². The Labute approximate surface area is 110 Å². The molecule has 4 N–H and O–H groups in total. The summed E-state index contributed by atoms with van der Waals surface area (Å²) in [6.07, 6.45) is 5.24. The zero-order valence-electron chi connectivity index (χ0n) is 10.7. The van der Waals surface area contributed by atoms with Crippen molar-refractivity contribution in [3.8, 4) is 11.5 Å². The van der Waals surface area contributed by atoms with Crippen molar-refractivity contribution in [3.63, 3.8) is 0 Å².